The van der Waals surface area contributed by atoms with Crippen molar-refractivity contribution in [1.29, 1.82) is 0 Å². The van der Waals surface area contributed by atoms with E-state index in [4.69, 9.17) is 28.1 Å². The van der Waals surface area contributed by atoms with Gasteiger partial charge in [0.25, 0.3) is 11.8 Å². The van der Waals surface area contributed by atoms with Gasteiger partial charge in [0.15, 0.2) is 5.82 Å². The third-order valence-electron chi connectivity index (χ3n) is 4.55. The van der Waals surface area contributed by atoms with Gasteiger partial charge in [-0.2, -0.15) is 10.1 Å². The molecule has 1 aromatic carbocycles. The average molecular weight is 353 g/mol. The van der Waals surface area contributed by atoms with Gasteiger partial charge in [-0.1, -0.05) is 16.3 Å². The van der Waals surface area contributed by atoms with Gasteiger partial charge >= 0.3 is 0 Å². The summed E-state index contributed by atoms with van der Waals surface area (Å²) in [7, 11) is 18.5. The van der Waals surface area contributed by atoms with Gasteiger partial charge in [-0.25, -0.2) is 0 Å². The molecule has 7 nitrogen and oxygen atoms in total. The molecule has 0 saturated heterocycles. The highest BCUT2D eigenvalue weighted by atomic mass is 16.5. The highest BCUT2D eigenvalue weighted by Crippen LogP contribution is 2.34. The number of aryl methyl sites for hydroxylation is 2. The zero-order chi connectivity index (χ0) is 19.2. The summed E-state index contributed by atoms with van der Waals surface area (Å²) in [6.45, 7) is 0. The molecule has 0 bridgehead atoms. The average Bonchev–Trinajstić information content (AvgIpc) is 3.33. The van der Waals surface area contributed by atoms with E-state index in [0.717, 1.165) is 29.5 Å². The molecule has 3 aromatic rings. The zero-order valence-electron chi connectivity index (χ0n) is 14.7. The van der Waals surface area contributed by atoms with Crippen molar-refractivity contribution in [3.8, 4) is 11.5 Å². The number of nitrogens with one attached hydrogen (secondary N) is 1. The van der Waals surface area contributed by atoms with Crippen molar-refractivity contribution in [1.82, 2.24) is 25.2 Å². The molecule has 2 aromatic heterocycles. The molecule has 0 unspecified atom stereocenters. The quantitative estimate of drug-likeness (QED) is 0.691. The molecule has 0 aliphatic heterocycles. The Labute approximate surface area is 160 Å². The largest absolute Gasteiger partial charge is 0.345 e. The molecule has 1 amide bonds. The maximum atomic E-state index is 12.4. The van der Waals surface area contributed by atoms with Crippen LogP contribution >= 0.6 is 0 Å². The molecule has 10 heteroatoms. The van der Waals surface area contributed by atoms with E-state index < -0.39 is 5.11 Å². The van der Waals surface area contributed by atoms with E-state index in [-0.39, 0.29) is 17.8 Å². The highest BCUT2D eigenvalue weighted by molar-refractivity contribution is 6.58. The summed E-state index contributed by atoms with van der Waals surface area (Å²) in [5.74, 6) is 0.178. The van der Waals surface area contributed by atoms with E-state index in [1.807, 2.05) is 18.2 Å². The minimum absolute atomic E-state index is 0.0274. The summed E-state index contributed by atoms with van der Waals surface area (Å²) in [4.78, 5) is 16.5. The Morgan fingerprint density at radius 3 is 2.85 bits per heavy atom. The SMILES string of the molecule is [B]C([B])([B])c1noc(-c2ccc3c(c2)CC[C@H]3NC(=O)c2cnn(C)c2)n1. The van der Waals surface area contributed by atoms with E-state index in [1.54, 1.807) is 24.1 Å². The Hall–Kier alpha value is -2.77. The van der Waals surface area contributed by atoms with Crippen LogP contribution in [0.2, 0.25) is 0 Å². The fourth-order valence-corrected chi connectivity index (χ4v) is 3.20. The highest BCUT2D eigenvalue weighted by Gasteiger charge is 2.26. The topological polar surface area (TPSA) is 85.8 Å². The second kappa shape index (κ2) is 6.44. The second-order valence-electron chi connectivity index (χ2n) is 6.74. The van der Waals surface area contributed by atoms with Crippen LogP contribution < -0.4 is 5.32 Å². The van der Waals surface area contributed by atoms with Gasteiger partial charge in [0.2, 0.25) is 0 Å². The molecule has 1 aliphatic carbocycles. The molecule has 0 spiro atoms. The summed E-state index contributed by atoms with van der Waals surface area (Å²) in [6.07, 6.45) is 4.88. The summed E-state index contributed by atoms with van der Waals surface area (Å²) < 4.78 is 6.81. The molecule has 128 valence electrons. The van der Waals surface area contributed by atoms with E-state index in [1.165, 1.54) is 0 Å². The van der Waals surface area contributed by atoms with Crippen LogP contribution in [0.1, 0.15) is 39.8 Å². The zero-order valence-corrected chi connectivity index (χ0v) is 14.7. The standard InChI is InChI=1S/C17H14B3N5O2/c1-25-8-11(7-21-25)14(26)22-13-5-3-9-6-10(2-4-12(9)13)15-23-16(24-27-15)17(18,19)20/h2,4,6-8,13H,3,5H2,1H3,(H,22,26)/t13-/m1/s1. The lowest BCUT2D eigenvalue weighted by Gasteiger charge is -2.13. The Bertz CT molecular complexity index is 1010. The second-order valence-corrected chi connectivity index (χ2v) is 6.74. The van der Waals surface area contributed by atoms with Crippen LogP contribution in [0.4, 0.5) is 0 Å². The minimum atomic E-state index is -1.65. The number of aromatic nitrogens is 4. The van der Waals surface area contributed by atoms with Crippen molar-refractivity contribution < 1.29 is 9.32 Å². The van der Waals surface area contributed by atoms with Crippen LogP contribution in [0.25, 0.3) is 11.5 Å². The molecule has 0 fully saturated rings. The normalized spacial score (nSPS) is 16.3. The number of rotatable bonds is 4. The number of carbonyl (C=O) groups excluding carboxylic acids is 1. The van der Waals surface area contributed by atoms with E-state index in [0.29, 0.717) is 11.5 Å². The Morgan fingerprint density at radius 1 is 1.37 bits per heavy atom. The van der Waals surface area contributed by atoms with E-state index in [9.17, 15) is 4.79 Å². The first-order valence-corrected chi connectivity index (χ1v) is 8.45. The van der Waals surface area contributed by atoms with Crippen molar-refractivity contribution >= 4 is 29.4 Å². The van der Waals surface area contributed by atoms with Crippen LogP contribution in [0.15, 0.2) is 35.1 Å². The third-order valence-corrected chi connectivity index (χ3v) is 4.55. The van der Waals surface area contributed by atoms with Crippen molar-refractivity contribution in [3.63, 3.8) is 0 Å². The van der Waals surface area contributed by atoms with Crippen LogP contribution in [-0.2, 0) is 18.6 Å². The first-order valence-electron chi connectivity index (χ1n) is 8.45. The molecule has 1 aliphatic rings. The fourth-order valence-electron chi connectivity index (χ4n) is 3.20. The monoisotopic (exact) mass is 353 g/mol. The number of fused-ring (bicyclic) bond motifs is 1. The Balaban J connectivity index is 1.54. The van der Waals surface area contributed by atoms with Crippen molar-refractivity contribution in [2.45, 2.75) is 24.0 Å². The van der Waals surface area contributed by atoms with Crippen LogP contribution in [0.3, 0.4) is 0 Å². The summed E-state index contributed by atoms with van der Waals surface area (Å²) >= 11 is 0. The molecular weight excluding hydrogens is 339 g/mol. The first kappa shape index (κ1) is 17.6. The number of nitrogens with zero attached hydrogens (tertiary/aromatic N) is 4. The summed E-state index contributed by atoms with van der Waals surface area (Å²) in [6, 6.07) is 5.73. The van der Waals surface area contributed by atoms with Crippen LogP contribution in [-0.4, -0.2) is 49.4 Å². The van der Waals surface area contributed by atoms with E-state index >= 15 is 0 Å². The molecule has 1 N–H and O–H groups in total. The van der Waals surface area contributed by atoms with Gasteiger partial charge in [0.1, 0.15) is 0 Å². The number of hydrogen-bond donors (Lipinski definition) is 1. The van der Waals surface area contributed by atoms with Crippen molar-refractivity contribution in [2.75, 3.05) is 0 Å². The van der Waals surface area contributed by atoms with Gasteiger partial charge in [0, 0.05) is 18.8 Å². The minimum Gasteiger partial charge on any atom is -0.345 e. The molecule has 1 atom stereocenters. The van der Waals surface area contributed by atoms with Crippen molar-refractivity contribution in [3.05, 3.63) is 53.1 Å². The molecule has 0 saturated carbocycles. The molecule has 6 radical (unpaired) electrons. The summed E-state index contributed by atoms with van der Waals surface area (Å²) in [5.41, 5.74) is 3.47. The predicted molar refractivity (Wildman–Crippen MR) is 100 cm³/mol. The molecule has 4 rings (SSSR count). The Kier molecular flexibility index (Phi) is 4.21. The number of amides is 1. The van der Waals surface area contributed by atoms with Gasteiger partial charge in [-0.15, -0.1) is 0 Å². The number of benzene rings is 1. The lowest BCUT2D eigenvalue weighted by molar-refractivity contribution is 0.0936. The third kappa shape index (κ3) is 3.43. The molecule has 27 heavy (non-hydrogen) atoms. The maximum absolute atomic E-state index is 12.4. The smallest absolute Gasteiger partial charge is 0.257 e. The van der Waals surface area contributed by atoms with Gasteiger partial charge < -0.3 is 9.84 Å². The van der Waals surface area contributed by atoms with Crippen LogP contribution in [0.5, 0.6) is 0 Å². The van der Waals surface area contributed by atoms with E-state index in [2.05, 4.69) is 20.6 Å². The first-order chi connectivity index (χ1) is 12.8. The lowest BCUT2D eigenvalue weighted by Crippen LogP contribution is -2.28. The molecular formula is C17H14B3N5O2. The van der Waals surface area contributed by atoms with Crippen LogP contribution in [0, 0.1) is 0 Å². The summed E-state index contributed by atoms with van der Waals surface area (Å²) in [5, 5.41) is 9.15. The number of hydrogen-bond acceptors (Lipinski definition) is 5. The Morgan fingerprint density at radius 2 is 2.19 bits per heavy atom. The fraction of sp³-hybridized carbons (Fsp3) is 0.294. The number of carbonyl (C=O) groups is 1. The van der Waals surface area contributed by atoms with Gasteiger partial charge in [-0.05, 0) is 36.1 Å². The maximum Gasteiger partial charge on any atom is 0.257 e. The van der Waals surface area contributed by atoms with Gasteiger partial charge in [-0.3, -0.25) is 9.48 Å². The lowest BCUT2D eigenvalue weighted by atomic mass is 9.42. The predicted octanol–water partition coefficient (Wildman–Crippen LogP) is 0.503. The van der Waals surface area contributed by atoms with Gasteiger partial charge in [0.05, 0.1) is 41.3 Å². The molecule has 2 heterocycles. The van der Waals surface area contributed by atoms with Crippen molar-refractivity contribution in [2.24, 2.45) is 7.05 Å².